The number of esters is 3. The first-order chi connectivity index (χ1) is 18.7. The Labute approximate surface area is 224 Å². The van der Waals surface area contributed by atoms with Gasteiger partial charge >= 0.3 is 17.9 Å². The summed E-state index contributed by atoms with van der Waals surface area (Å²) in [5.41, 5.74) is 13.5. The molecule has 2 heterocycles. The van der Waals surface area contributed by atoms with Gasteiger partial charge in [0.25, 0.3) is 5.91 Å². The SMILES string of the molecule is CCOC(=O)CCC(NC(=O)c1ccc(C(=O)OCCCc2c[nH]c3nc(N)nc(N)c23)cc1)C(=O)OCC. The summed E-state index contributed by atoms with van der Waals surface area (Å²) in [6, 6.07) is 4.78. The molecule has 6 N–H and O–H groups in total. The van der Waals surface area contributed by atoms with Crippen molar-refractivity contribution in [1.29, 1.82) is 0 Å². The number of carbonyl (C=O) groups excluding carboxylic acids is 4. The van der Waals surface area contributed by atoms with E-state index in [2.05, 4.69) is 20.3 Å². The molecule has 0 radical (unpaired) electrons. The highest BCUT2D eigenvalue weighted by Gasteiger charge is 2.24. The van der Waals surface area contributed by atoms with E-state index in [1.807, 2.05) is 0 Å². The molecule has 0 saturated carbocycles. The number of aromatic nitrogens is 3. The standard InChI is InChI=1S/C26H32N6O7/c1-3-37-19(33)12-11-18(25(36)38-4-2)30-23(34)15-7-9-16(10-8-15)24(35)39-13-5-6-17-14-29-22-20(17)21(27)31-26(28)32-22/h7-10,14,18H,3-6,11-13H2,1-2H3,(H,30,34)(H5,27,28,29,31,32). The number of rotatable bonds is 13. The van der Waals surface area contributed by atoms with Crippen molar-refractivity contribution in [2.75, 3.05) is 31.3 Å². The van der Waals surface area contributed by atoms with Gasteiger partial charge in [-0.1, -0.05) is 0 Å². The molecule has 1 unspecified atom stereocenters. The van der Waals surface area contributed by atoms with Crippen LogP contribution in [0.3, 0.4) is 0 Å². The lowest BCUT2D eigenvalue weighted by atomic mass is 10.1. The molecule has 0 aliphatic rings. The number of aryl methyl sites for hydroxylation is 1. The second-order valence-electron chi connectivity index (χ2n) is 8.44. The molecule has 13 heteroatoms. The maximum absolute atomic E-state index is 12.7. The van der Waals surface area contributed by atoms with E-state index in [1.165, 1.54) is 24.3 Å². The van der Waals surface area contributed by atoms with Crippen LogP contribution in [-0.4, -0.2) is 64.6 Å². The minimum absolute atomic E-state index is 0.0278. The van der Waals surface area contributed by atoms with Gasteiger partial charge in [-0.25, -0.2) is 9.59 Å². The molecule has 1 aromatic carbocycles. The van der Waals surface area contributed by atoms with Gasteiger partial charge in [-0.15, -0.1) is 0 Å². The van der Waals surface area contributed by atoms with Crippen LogP contribution >= 0.6 is 0 Å². The fraction of sp³-hybridized carbons (Fsp3) is 0.385. The number of hydrogen-bond acceptors (Lipinski definition) is 11. The first-order valence-corrected chi connectivity index (χ1v) is 12.5. The van der Waals surface area contributed by atoms with E-state index in [9.17, 15) is 19.2 Å². The van der Waals surface area contributed by atoms with Crippen molar-refractivity contribution >= 4 is 46.6 Å². The highest BCUT2D eigenvalue weighted by molar-refractivity contribution is 5.98. The summed E-state index contributed by atoms with van der Waals surface area (Å²) in [6.07, 6.45) is 2.84. The van der Waals surface area contributed by atoms with E-state index < -0.39 is 29.9 Å². The van der Waals surface area contributed by atoms with Gasteiger partial charge in [0.1, 0.15) is 17.5 Å². The lowest BCUT2D eigenvalue weighted by molar-refractivity contribution is -0.146. The number of ether oxygens (including phenoxy) is 3. The minimum Gasteiger partial charge on any atom is -0.466 e. The van der Waals surface area contributed by atoms with Crippen LogP contribution in [0.25, 0.3) is 11.0 Å². The molecule has 0 aliphatic carbocycles. The van der Waals surface area contributed by atoms with Crippen LogP contribution in [0.4, 0.5) is 11.8 Å². The van der Waals surface area contributed by atoms with Gasteiger partial charge in [0.15, 0.2) is 0 Å². The number of anilines is 2. The van der Waals surface area contributed by atoms with Crippen LogP contribution in [-0.2, 0) is 30.2 Å². The Kier molecular flexibility index (Phi) is 10.2. The molecule has 39 heavy (non-hydrogen) atoms. The molecular formula is C26H32N6O7. The second-order valence-corrected chi connectivity index (χ2v) is 8.44. The summed E-state index contributed by atoms with van der Waals surface area (Å²) < 4.78 is 15.2. The number of nitrogen functional groups attached to an aromatic ring is 2. The number of nitrogens with zero attached hydrogens (tertiary/aromatic N) is 2. The molecule has 0 fully saturated rings. The molecule has 13 nitrogen and oxygen atoms in total. The van der Waals surface area contributed by atoms with Gasteiger partial charge in [0.2, 0.25) is 5.95 Å². The molecule has 0 spiro atoms. The summed E-state index contributed by atoms with van der Waals surface area (Å²) in [6.45, 7) is 3.82. The van der Waals surface area contributed by atoms with Crippen LogP contribution in [0.5, 0.6) is 0 Å². The van der Waals surface area contributed by atoms with Gasteiger partial charge in [-0.2, -0.15) is 9.97 Å². The zero-order valence-corrected chi connectivity index (χ0v) is 21.8. The number of nitrogens with two attached hydrogens (primary N) is 2. The molecule has 3 aromatic rings. The first-order valence-electron chi connectivity index (χ1n) is 12.5. The molecule has 0 aliphatic heterocycles. The summed E-state index contributed by atoms with van der Waals surface area (Å²) in [7, 11) is 0. The lowest BCUT2D eigenvalue weighted by Crippen LogP contribution is -2.42. The van der Waals surface area contributed by atoms with Crippen molar-refractivity contribution < 1.29 is 33.4 Å². The Balaban J connectivity index is 1.51. The average Bonchev–Trinajstić information content (AvgIpc) is 3.32. The van der Waals surface area contributed by atoms with E-state index in [4.69, 9.17) is 25.7 Å². The lowest BCUT2D eigenvalue weighted by Gasteiger charge is -2.17. The normalized spacial score (nSPS) is 11.5. The summed E-state index contributed by atoms with van der Waals surface area (Å²) in [4.78, 5) is 60.1. The van der Waals surface area contributed by atoms with Crippen molar-refractivity contribution in [2.45, 2.75) is 45.6 Å². The largest absolute Gasteiger partial charge is 0.466 e. The Morgan fingerprint density at radius 2 is 1.67 bits per heavy atom. The number of hydrogen-bond donors (Lipinski definition) is 4. The van der Waals surface area contributed by atoms with Gasteiger partial charge in [0.05, 0.1) is 30.8 Å². The zero-order valence-electron chi connectivity index (χ0n) is 21.8. The van der Waals surface area contributed by atoms with E-state index in [-0.39, 0.29) is 55.6 Å². The number of fused-ring (bicyclic) bond motifs is 1. The predicted octanol–water partition coefficient (Wildman–Crippen LogP) is 1.92. The molecule has 1 atom stereocenters. The maximum atomic E-state index is 12.7. The predicted molar refractivity (Wildman–Crippen MR) is 142 cm³/mol. The fourth-order valence-electron chi connectivity index (χ4n) is 3.84. The first kappa shape index (κ1) is 28.9. The fourth-order valence-corrected chi connectivity index (χ4v) is 3.84. The number of nitrogens with one attached hydrogen (secondary N) is 2. The second kappa shape index (κ2) is 13.7. The smallest absolute Gasteiger partial charge is 0.338 e. The van der Waals surface area contributed by atoms with Crippen molar-refractivity contribution in [3.63, 3.8) is 0 Å². The quantitative estimate of drug-likeness (QED) is 0.140. The van der Waals surface area contributed by atoms with E-state index in [0.29, 0.717) is 23.9 Å². The monoisotopic (exact) mass is 540 g/mol. The average molecular weight is 541 g/mol. The van der Waals surface area contributed by atoms with Crippen LogP contribution < -0.4 is 16.8 Å². The molecular weight excluding hydrogens is 508 g/mol. The molecule has 1 amide bonds. The van der Waals surface area contributed by atoms with Crippen LogP contribution in [0, 0.1) is 0 Å². The Bertz CT molecular complexity index is 1320. The summed E-state index contributed by atoms with van der Waals surface area (Å²) in [5, 5.41) is 3.26. The van der Waals surface area contributed by atoms with Gasteiger partial charge < -0.3 is 36.0 Å². The van der Waals surface area contributed by atoms with Crippen molar-refractivity contribution in [1.82, 2.24) is 20.3 Å². The third-order valence-electron chi connectivity index (χ3n) is 5.68. The maximum Gasteiger partial charge on any atom is 0.338 e. The molecule has 0 bridgehead atoms. The third kappa shape index (κ3) is 7.90. The highest BCUT2D eigenvalue weighted by Crippen LogP contribution is 2.23. The van der Waals surface area contributed by atoms with E-state index in [1.54, 1.807) is 20.0 Å². The van der Waals surface area contributed by atoms with Crippen LogP contribution in [0.15, 0.2) is 30.5 Å². The zero-order chi connectivity index (χ0) is 28.4. The molecule has 2 aromatic heterocycles. The van der Waals surface area contributed by atoms with E-state index >= 15 is 0 Å². The molecule has 0 saturated heterocycles. The van der Waals surface area contributed by atoms with Crippen molar-refractivity contribution in [2.24, 2.45) is 0 Å². The number of amides is 1. The van der Waals surface area contributed by atoms with E-state index in [0.717, 1.165) is 5.56 Å². The Morgan fingerprint density at radius 1 is 0.974 bits per heavy atom. The Morgan fingerprint density at radius 3 is 2.36 bits per heavy atom. The van der Waals surface area contributed by atoms with Gasteiger partial charge in [-0.3, -0.25) is 9.59 Å². The third-order valence-corrected chi connectivity index (χ3v) is 5.68. The summed E-state index contributed by atoms with van der Waals surface area (Å²) in [5.74, 6) is -1.87. The minimum atomic E-state index is -1.03. The Hall–Kier alpha value is -4.68. The highest BCUT2D eigenvalue weighted by atomic mass is 16.5. The number of H-pyrrole nitrogens is 1. The number of aromatic amines is 1. The van der Waals surface area contributed by atoms with Crippen molar-refractivity contribution in [3.05, 3.63) is 47.2 Å². The van der Waals surface area contributed by atoms with Gasteiger partial charge in [-0.05, 0) is 62.9 Å². The topological polar surface area (TPSA) is 202 Å². The molecule has 208 valence electrons. The van der Waals surface area contributed by atoms with Gasteiger partial charge in [0, 0.05) is 18.2 Å². The number of carbonyl (C=O) groups is 4. The summed E-state index contributed by atoms with van der Waals surface area (Å²) >= 11 is 0. The van der Waals surface area contributed by atoms with Crippen LogP contribution in [0.2, 0.25) is 0 Å². The molecule has 3 rings (SSSR count). The van der Waals surface area contributed by atoms with Crippen LogP contribution in [0.1, 0.15) is 59.4 Å². The number of benzene rings is 1. The van der Waals surface area contributed by atoms with Crippen molar-refractivity contribution in [3.8, 4) is 0 Å².